The lowest BCUT2D eigenvalue weighted by molar-refractivity contribution is 0.0600. The zero-order chi connectivity index (χ0) is 18.4. The molecule has 0 bridgehead atoms. The number of sulfonamides is 1. The van der Waals surface area contributed by atoms with Crippen LogP contribution in [0.15, 0.2) is 48.5 Å². The molecule has 0 aliphatic heterocycles. The van der Waals surface area contributed by atoms with Gasteiger partial charge in [-0.05, 0) is 30.7 Å². The van der Waals surface area contributed by atoms with Gasteiger partial charge in [0.15, 0.2) is 0 Å². The Balaban J connectivity index is 2.10. The predicted octanol–water partition coefficient (Wildman–Crippen LogP) is 2.66. The van der Waals surface area contributed by atoms with E-state index in [-0.39, 0.29) is 5.75 Å². The average molecular weight is 363 g/mol. The summed E-state index contributed by atoms with van der Waals surface area (Å²) >= 11 is 0. The van der Waals surface area contributed by atoms with E-state index in [1.165, 1.54) is 7.11 Å². The summed E-state index contributed by atoms with van der Waals surface area (Å²) in [6.45, 7) is 1.76. The molecule has 25 heavy (non-hydrogen) atoms. The van der Waals surface area contributed by atoms with Crippen molar-refractivity contribution >= 4 is 16.0 Å². The molecule has 6 nitrogen and oxygen atoms in total. The molecule has 2 rings (SSSR count). The molecule has 0 spiro atoms. The fourth-order valence-electron chi connectivity index (χ4n) is 2.47. The highest BCUT2D eigenvalue weighted by molar-refractivity contribution is 7.88. The fraction of sp³-hybridized carbons (Fsp3) is 0.278. The zero-order valence-electron chi connectivity index (χ0n) is 14.4. The van der Waals surface area contributed by atoms with Crippen molar-refractivity contribution in [2.45, 2.75) is 18.7 Å². The van der Waals surface area contributed by atoms with E-state index in [0.717, 1.165) is 5.56 Å². The lowest BCUT2D eigenvalue weighted by Crippen LogP contribution is -2.28. The maximum Gasteiger partial charge on any atom is 0.337 e. The fourth-order valence-corrected chi connectivity index (χ4v) is 3.85. The first kappa shape index (κ1) is 19.0. The number of para-hydroxylation sites is 1. The largest absolute Gasteiger partial charge is 0.496 e. The molecule has 0 fully saturated rings. The molecule has 7 heteroatoms. The quantitative estimate of drug-likeness (QED) is 0.765. The molecule has 0 aliphatic rings. The Bertz CT molecular complexity index is 831. The molecule has 0 radical (unpaired) electrons. The summed E-state index contributed by atoms with van der Waals surface area (Å²) in [5.74, 6) is -0.0223. The standard InChI is InChI=1S/C18H21NO5S/c1-13(16-6-4-5-7-17(16)23-2)19-25(21,22)12-14-8-10-15(11-9-14)18(20)24-3/h4-11,13,19H,12H2,1-3H3/t13-/m0/s1. The highest BCUT2D eigenvalue weighted by Crippen LogP contribution is 2.25. The van der Waals surface area contributed by atoms with E-state index in [0.29, 0.717) is 16.9 Å². The van der Waals surface area contributed by atoms with Gasteiger partial charge in [-0.3, -0.25) is 0 Å². The SMILES string of the molecule is COC(=O)c1ccc(CS(=O)(=O)N[C@@H](C)c2ccccc2OC)cc1. The molecule has 2 aromatic carbocycles. The Labute approximate surface area is 147 Å². The van der Waals surface area contributed by atoms with Gasteiger partial charge in [0.2, 0.25) is 10.0 Å². The summed E-state index contributed by atoms with van der Waals surface area (Å²) in [7, 11) is -0.727. The number of esters is 1. The molecular formula is C18H21NO5S. The first-order valence-electron chi connectivity index (χ1n) is 7.66. The molecular weight excluding hydrogens is 342 g/mol. The minimum Gasteiger partial charge on any atom is -0.496 e. The van der Waals surface area contributed by atoms with Gasteiger partial charge in [0, 0.05) is 11.6 Å². The summed E-state index contributed by atoms with van der Waals surface area (Å²) in [5.41, 5.74) is 1.71. The van der Waals surface area contributed by atoms with Crippen molar-refractivity contribution in [2.24, 2.45) is 0 Å². The van der Waals surface area contributed by atoms with Gasteiger partial charge in [-0.25, -0.2) is 17.9 Å². The van der Waals surface area contributed by atoms with Crippen LogP contribution in [-0.4, -0.2) is 28.6 Å². The Morgan fingerprint density at radius 2 is 1.72 bits per heavy atom. The maximum absolute atomic E-state index is 12.4. The minimum atomic E-state index is -3.57. The molecule has 2 aromatic rings. The molecule has 0 saturated carbocycles. The van der Waals surface area contributed by atoms with Crippen molar-refractivity contribution < 1.29 is 22.7 Å². The van der Waals surface area contributed by atoms with Crippen molar-refractivity contribution in [3.8, 4) is 5.75 Å². The van der Waals surface area contributed by atoms with Crippen molar-refractivity contribution in [3.05, 3.63) is 65.2 Å². The Hall–Kier alpha value is -2.38. The first-order valence-corrected chi connectivity index (χ1v) is 9.31. The van der Waals surface area contributed by atoms with Crippen LogP contribution in [-0.2, 0) is 20.5 Å². The zero-order valence-corrected chi connectivity index (χ0v) is 15.2. The van der Waals surface area contributed by atoms with Crippen LogP contribution in [0, 0.1) is 0 Å². The van der Waals surface area contributed by atoms with Gasteiger partial charge in [0.25, 0.3) is 0 Å². The van der Waals surface area contributed by atoms with Crippen molar-refractivity contribution in [1.29, 1.82) is 0 Å². The topological polar surface area (TPSA) is 81.7 Å². The first-order chi connectivity index (χ1) is 11.9. The number of ether oxygens (including phenoxy) is 2. The van der Waals surface area contributed by atoms with E-state index in [1.54, 1.807) is 44.4 Å². The smallest absolute Gasteiger partial charge is 0.337 e. The number of hydrogen-bond acceptors (Lipinski definition) is 5. The highest BCUT2D eigenvalue weighted by atomic mass is 32.2. The van der Waals surface area contributed by atoms with Gasteiger partial charge in [-0.1, -0.05) is 30.3 Å². The number of carbonyl (C=O) groups excluding carboxylic acids is 1. The van der Waals surface area contributed by atoms with Gasteiger partial charge in [-0.2, -0.15) is 0 Å². The van der Waals surface area contributed by atoms with E-state index in [4.69, 9.17) is 4.74 Å². The minimum absolute atomic E-state index is 0.187. The lowest BCUT2D eigenvalue weighted by Gasteiger charge is -2.17. The lowest BCUT2D eigenvalue weighted by atomic mass is 10.1. The molecule has 0 heterocycles. The van der Waals surface area contributed by atoms with Gasteiger partial charge >= 0.3 is 5.97 Å². The second kappa shape index (κ2) is 8.13. The van der Waals surface area contributed by atoms with Gasteiger partial charge in [0.1, 0.15) is 5.75 Å². The summed E-state index contributed by atoms with van der Waals surface area (Å²) in [6.07, 6.45) is 0. The van der Waals surface area contributed by atoms with Gasteiger partial charge in [-0.15, -0.1) is 0 Å². The summed E-state index contributed by atoms with van der Waals surface area (Å²) in [4.78, 5) is 11.4. The molecule has 1 atom stereocenters. The molecule has 0 amide bonds. The van der Waals surface area contributed by atoms with E-state index < -0.39 is 22.0 Å². The van der Waals surface area contributed by atoms with Crippen LogP contribution in [0.3, 0.4) is 0 Å². The van der Waals surface area contributed by atoms with Crippen LogP contribution in [0.4, 0.5) is 0 Å². The van der Waals surface area contributed by atoms with Crippen molar-refractivity contribution in [1.82, 2.24) is 4.72 Å². The maximum atomic E-state index is 12.4. The third kappa shape index (κ3) is 5.04. The summed E-state index contributed by atoms with van der Waals surface area (Å²) in [6, 6.07) is 13.1. The third-order valence-electron chi connectivity index (χ3n) is 3.69. The van der Waals surface area contributed by atoms with Crippen LogP contribution < -0.4 is 9.46 Å². The Kier molecular flexibility index (Phi) is 6.17. The van der Waals surface area contributed by atoms with E-state index in [2.05, 4.69) is 9.46 Å². The number of benzene rings is 2. The van der Waals surface area contributed by atoms with Crippen LogP contribution in [0.1, 0.15) is 34.5 Å². The second-order valence-corrected chi connectivity index (χ2v) is 7.28. The summed E-state index contributed by atoms with van der Waals surface area (Å²) in [5, 5.41) is 0. The van der Waals surface area contributed by atoms with Crippen LogP contribution in [0.2, 0.25) is 0 Å². The number of nitrogens with one attached hydrogen (secondary N) is 1. The van der Waals surface area contributed by atoms with Crippen LogP contribution in [0.5, 0.6) is 5.75 Å². The number of hydrogen-bond donors (Lipinski definition) is 1. The van der Waals surface area contributed by atoms with Crippen LogP contribution >= 0.6 is 0 Å². The molecule has 0 aromatic heterocycles. The monoisotopic (exact) mass is 363 g/mol. The van der Waals surface area contributed by atoms with Crippen molar-refractivity contribution in [3.63, 3.8) is 0 Å². The van der Waals surface area contributed by atoms with Crippen LogP contribution in [0.25, 0.3) is 0 Å². The van der Waals surface area contributed by atoms with Gasteiger partial charge < -0.3 is 9.47 Å². The summed E-state index contributed by atoms with van der Waals surface area (Å²) < 4.78 is 37.4. The predicted molar refractivity (Wildman–Crippen MR) is 95.0 cm³/mol. The molecule has 0 aliphatic carbocycles. The number of rotatable bonds is 7. The molecule has 134 valence electrons. The molecule has 1 N–H and O–H groups in total. The Morgan fingerprint density at radius 1 is 1.08 bits per heavy atom. The Morgan fingerprint density at radius 3 is 2.32 bits per heavy atom. The molecule has 0 saturated heterocycles. The van der Waals surface area contributed by atoms with E-state index in [1.807, 2.05) is 18.2 Å². The van der Waals surface area contributed by atoms with E-state index >= 15 is 0 Å². The number of carbonyl (C=O) groups is 1. The third-order valence-corrected chi connectivity index (χ3v) is 5.12. The number of methoxy groups -OCH3 is 2. The second-order valence-electron chi connectivity index (χ2n) is 5.53. The van der Waals surface area contributed by atoms with E-state index in [9.17, 15) is 13.2 Å². The normalized spacial score (nSPS) is 12.4. The average Bonchev–Trinajstić information content (AvgIpc) is 2.60. The van der Waals surface area contributed by atoms with Gasteiger partial charge in [0.05, 0.1) is 25.5 Å². The van der Waals surface area contributed by atoms with Crippen molar-refractivity contribution in [2.75, 3.05) is 14.2 Å². The highest BCUT2D eigenvalue weighted by Gasteiger charge is 2.19. The molecule has 0 unspecified atom stereocenters.